The summed E-state index contributed by atoms with van der Waals surface area (Å²) in [6, 6.07) is 17.9. The van der Waals surface area contributed by atoms with Crippen LogP contribution in [0, 0.1) is 5.92 Å². The number of furan rings is 1. The molecule has 1 aliphatic heterocycles. The van der Waals surface area contributed by atoms with Crippen molar-refractivity contribution >= 4 is 17.3 Å². The van der Waals surface area contributed by atoms with Gasteiger partial charge in [-0.1, -0.05) is 19.9 Å². The van der Waals surface area contributed by atoms with Crippen LogP contribution in [0.5, 0.6) is 5.75 Å². The van der Waals surface area contributed by atoms with Gasteiger partial charge in [-0.05, 0) is 73.6 Å². The fraction of sp³-hybridized carbons (Fsp3) is 0.333. The minimum absolute atomic E-state index is 0.0498. The molecule has 0 radical (unpaired) electrons. The summed E-state index contributed by atoms with van der Waals surface area (Å²) in [5.74, 6) is 3.03. The van der Waals surface area contributed by atoms with Crippen molar-refractivity contribution in [2.75, 3.05) is 13.2 Å². The third-order valence-corrected chi connectivity index (χ3v) is 5.48. The Morgan fingerprint density at radius 2 is 1.93 bits per heavy atom. The van der Waals surface area contributed by atoms with Crippen molar-refractivity contribution in [2.45, 2.75) is 32.9 Å². The van der Waals surface area contributed by atoms with Gasteiger partial charge in [0.1, 0.15) is 23.3 Å². The van der Waals surface area contributed by atoms with Crippen molar-refractivity contribution in [3.63, 3.8) is 0 Å². The highest BCUT2D eigenvalue weighted by atomic mass is 32.1. The first-order chi connectivity index (χ1) is 14.6. The summed E-state index contributed by atoms with van der Waals surface area (Å²) in [7, 11) is 0. The van der Waals surface area contributed by atoms with E-state index >= 15 is 0 Å². The molecule has 1 N–H and O–H groups in total. The Labute approximate surface area is 183 Å². The Morgan fingerprint density at radius 1 is 1.13 bits per heavy atom. The van der Waals surface area contributed by atoms with E-state index in [0.29, 0.717) is 12.5 Å². The number of rotatable bonds is 7. The summed E-state index contributed by atoms with van der Waals surface area (Å²) >= 11 is 5.68. The van der Waals surface area contributed by atoms with Crippen molar-refractivity contribution in [3.8, 4) is 17.1 Å². The maximum atomic E-state index is 6.36. The number of nitrogens with zero attached hydrogens (tertiary/aromatic N) is 2. The molecule has 0 aliphatic carbocycles. The molecule has 1 saturated heterocycles. The average molecular weight is 422 g/mol. The number of ether oxygens (including phenoxy) is 1. The summed E-state index contributed by atoms with van der Waals surface area (Å²) in [4.78, 5) is 6.79. The molecule has 3 aromatic rings. The fourth-order valence-corrected chi connectivity index (χ4v) is 4.17. The SMILES string of the molecule is CCOc1ccc(-c2ccc(C3C(c4ccccn4)NC(=S)N3CC(C)C)o2)cc1. The van der Waals surface area contributed by atoms with Gasteiger partial charge in [-0.15, -0.1) is 0 Å². The van der Waals surface area contributed by atoms with E-state index in [1.165, 1.54) is 0 Å². The zero-order chi connectivity index (χ0) is 21.1. The highest BCUT2D eigenvalue weighted by Gasteiger charge is 2.41. The van der Waals surface area contributed by atoms with Crippen molar-refractivity contribution in [2.24, 2.45) is 5.92 Å². The zero-order valence-electron chi connectivity index (χ0n) is 17.5. The first kappa shape index (κ1) is 20.4. The number of pyridine rings is 1. The maximum Gasteiger partial charge on any atom is 0.170 e. The Balaban J connectivity index is 1.67. The van der Waals surface area contributed by atoms with Gasteiger partial charge in [-0.2, -0.15) is 0 Å². The Hall–Kier alpha value is -2.86. The number of nitrogens with one attached hydrogen (secondary N) is 1. The molecule has 156 valence electrons. The van der Waals surface area contributed by atoms with Crippen LogP contribution in [0.15, 0.2) is 65.2 Å². The molecular weight excluding hydrogens is 394 g/mol. The second-order valence-electron chi connectivity index (χ2n) is 7.83. The van der Waals surface area contributed by atoms with Crippen LogP contribution in [0.2, 0.25) is 0 Å². The molecule has 5 nitrogen and oxygen atoms in total. The summed E-state index contributed by atoms with van der Waals surface area (Å²) in [5, 5.41) is 4.20. The van der Waals surface area contributed by atoms with E-state index in [4.69, 9.17) is 21.4 Å². The molecule has 0 amide bonds. The second kappa shape index (κ2) is 8.88. The van der Waals surface area contributed by atoms with E-state index in [0.717, 1.165) is 40.2 Å². The molecule has 4 rings (SSSR count). The van der Waals surface area contributed by atoms with Crippen LogP contribution in [0.25, 0.3) is 11.3 Å². The van der Waals surface area contributed by atoms with Gasteiger partial charge < -0.3 is 19.4 Å². The predicted octanol–water partition coefficient (Wildman–Crippen LogP) is 5.37. The lowest BCUT2D eigenvalue weighted by atomic mass is 10.0. The molecule has 0 bridgehead atoms. The molecule has 6 heteroatoms. The predicted molar refractivity (Wildman–Crippen MR) is 122 cm³/mol. The van der Waals surface area contributed by atoms with Crippen molar-refractivity contribution < 1.29 is 9.15 Å². The van der Waals surface area contributed by atoms with Crippen LogP contribution in [-0.2, 0) is 0 Å². The third-order valence-electron chi connectivity index (χ3n) is 5.13. The van der Waals surface area contributed by atoms with E-state index < -0.39 is 0 Å². The lowest BCUT2D eigenvalue weighted by Gasteiger charge is -2.27. The first-order valence-electron chi connectivity index (χ1n) is 10.4. The number of thiocarbonyl (C=S) groups is 1. The van der Waals surface area contributed by atoms with E-state index in [9.17, 15) is 0 Å². The van der Waals surface area contributed by atoms with E-state index in [-0.39, 0.29) is 12.1 Å². The molecule has 2 atom stereocenters. The van der Waals surface area contributed by atoms with E-state index in [1.807, 2.05) is 61.7 Å². The Bertz CT molecular complexity index is 985. The van der Waals surface area contributed by atoms with Gasteiger partial charge in [0.2, 0.25) is 0 Å². The number of benzene rings is 1. The molecule has 1 aromatic carbocycles. The van der Waals surface area contributed by atoms with E-state index in [1.54, 1.807) is 0 Å². The molecule has 2 unspecified atom stereocenters. The van der Waals surface area contributed by atoms with Crippen LogP contribution in [0.4, 0.5) is 0 Å². The minimum Gasteiger partial charge on any atom is -0.494 e. The molecular formula is C24H27N3O2S. The van der Waals surface area contributed by atoms with Crippen LogP contribution < -0.4 is 10.1 Å². The van der Waals surface area contributed by atoms with Gasteiger partial charge in [-0.25, -0.2) is 0 Å². The summed E-state index contributed by atoms with van der Waals surface area (Å²) < 4.78 is 11.9. The Morgan fingerprint density at radius 3 is 2.60 bits per heavy atom. The average Bonchev–Trinajstić information content (AvgIpc) is 3.34. The zero-order valence-corrected chi connectivity index (χ0v) is 18.4. The molecule has 1 aliphatic rings. The largest absolute Gasteiger partial charge is 0.494 e. The molecule has 3 heterocycles. The number of hydrogen-bond acceptors (Lipinski definition) is 4. The second-order valence-corrected chi connectivity index (χ2v) is 8.22. The van der Waals surface area contributed by atoms with Gasteiger partial charge in [0.25, 0.3) is 0 Å². The standard InChI is InChI=1S/C24H27N3O2S/c1-4-28-18-10-8-17(9-11-18)20-12-13-21(29-20)23-22(19-7-5-6-14-25-19)26-24(30)27(23)15-16(2)3/h5-14,16,22-23H,4,15H2,1-3H3,(H,26,30). The molecule has 0 saturated carbocycles. The first-order valence-corrected chi connectivity index (χ1v) is 10.8. The normalized spacial score (nSPS) is 18.7. The van der Waals surface area contributed by atoms with Crippen LogP contribution in [0.1, 0.15) is 44.3 Å². The van der Waals surface area contributed by atoms with Gasteiger partial charge in [0.15, 0.2) is 5.11 Å². The number of aromatic nitrogens is 1. The van der Waals surface area contributed by atoms with Gasteiger partial charge in [0.05, 0.1) is 18.3 Å². The topological polar surface area (TPSA) is 50.5 Å². The van der Waals surface area contributed by atoms with Crippen LogP contribution in [0.3, 0.4) is 0 Å². The van der Waals surface area contributed by atoms with Gasteiger partial charge >= 0.3 is 0 Å². The minimum atomic E-state index is -0.0585. The highest BCUT2D eigenvalue weighted by molar-refractivity contribution is 7.80. The van der Waals surface area contributed by atoms with Gasteiger partial charge in [0, 0.05) is 18.3 Å². The van der Waals surface area contributed by atoms with Gasteiger partial charge in [-0.3, -0.25) is 4.98 Å². The molecule has 1 fully saturated rings. The Kier molecular flexibility index (Phi) is 6.04. The smallest absolute Gasteiger partial charge is 0.170 e. The van der Waals surface area contributed by atoms with E-state index in [2.05, 4.69) is 35.1 Å². The molecule has 30 heavy (non-hydrogen) atoms. The van der Waals surface area contributed by atoms with Crippen molar-refractivity contribution in [1.82, 2.24) is 15.2 Å². The summed E-state index contributed by atoms with van der Waals surface area (Å²) in [5.41, 5.74) is 1.97. The van der Waals surface area contributed by atoms with Crippen LogP contribution >= 0.6 is 12.2 Å². The van der Waals surface area contributed by atoms with Crippen molar-refractivity contribution in [1.29, 1.82) is 0 Å². The highest BCUT2D eigenvalue weighted by Crippen LogP contribution is 2.40. The number of hydrogen-bond donors (Lipinski definition) is 1. The molecule has 2 aromatic heterocycles. The van der Waals surface area contributed by atoms with Crippen molar-refractivity contribution in [3.05, 3.63) is 72.2 Å². The quantitative estimate of drug-likeness (QED) is 0.518. The maximum absolute atomic E-state index is 6.36. The summed E-state index contributed by atoms with van der Waals surface area (Å²) in [6.45, 7) is 7.87. The molecule has 0 spiro atoms. The monoisotopic (exact) mass is 421 g/mol. The summed E-state index contributed by atoms with van der Waals surface area (Å²) in [6.07, 6.45) is 1.82. The lowest BCUT2D eigenvalue weighted by Crippen LogP contribution is -2.32. The van der Waals surface area contributed by atoms with Crippen LogP contribution in [-0.4, -0.2) is 28.1 Å². The lowest BCUT2D eigenvalue weighted by molar-refractivity contribution is 0.253. The fourth-order valence-electron chi connectivity index (χ4n) is 3.85. The third kappa shape index (κ3) is 4.19.